The zero-order valence-corrected chi connectivity index (χ0v) is 24.7. The van der Waals surface area contributed by atoms with Gasteiger partial charge in [-0.15, -0.1) is 0 Å². The number of carbonyl (C=O) groups excluding carboxylic acids is 1. The molecule has 0 aliphatic carbocycles. The molecule has 2 aliphatic heterocycles. The van der Waals surface area contributed by atoms with Crippen molar-refractivity contribution in [1.82, 2.24) is 19.9 Å². The van der Waals surface area contributed by atoms with Crippen LogP contribution in [0.15, 0.2) is 48.5 Å². The third-order valence-corrected chi connectivity index (χ3v) is 8.68. The maximum atomic E-state index is 13.4. The molecule has 12 heteroatoms. The first kappa shape index (κ1) is 28.3. The van der Waals surface area contributed by atoms with Crippen LogP contribution in [0.2, 0.25) is 0 Å². The third-order valence-electron chi connectivity index (χ3n) is 7.75. The highest BCUT2D eigenvalue weighted by molar-refractivity contribution is 7.22. The van der Waals surface area contributed by atoms with Crippen molar-refractivity contribution in [3.8, 4) is 11.6 Å². The van der Waals surface area contributed by atoms with E-state index in [0.717, 1.165) is 55.1 Å². The maximum Gasteiger partial charge on any atom is 0.232 e. The van der Waals surface area contributed by atoms with Gasteiger partial charge in [0.2, 0.25) is 17.7 Å². The number of para-hydroxylation sites is 1. The van der Waals surface area contributed by atoms with Gasteiger partial charge >= 0.3 is 0 Å². The van der Waals surface area contributed by atoms with Crippen LogP contribution in [-0.2, 0) is 9.53 Å². The molecule has 6 rings (SSSR count). The number of piperazine rings is 1. The standard InChI is InChI=1S/C30H34FN7O3S/c1-19(21-9-11-22(31)12-10-21)37-13-15-38(16-14-37)25-18-26(34-29(33-25)36(3)27-8-5-17-40-27)41-23-6-4-7-24-28(23)35-30(42-24)32-20(2)39/h4,6-7,9-12,18-19,27H,5,8,13-17H2,1-3H3,(H,32,35,39)/t19-,27-/m1/s1. The molecule has 0 spiro atoms. The Morgan fingerprint density at radius 1 is 1.14 bits per heavy atom. The number of thiazole rings is 1. The van der Waals surface area contributed by atoms with Gasteiger partial charge in [-0.05, 0) is 49.6 Å². The van der Waals surface area contributed by atoms with Gasteiger partial charge < -0.3 is 24.6 Å². The molecule has 1 amide bonds. The summed E-state index contributed by atoms with van der Waals surface area (Å²) in [6.45, 7) is 7.54. The van der Waals surface area contributed by atoms with E-state index < -0.39 is 0 Å². The molecule has 2 aliphatic rings. The Morgan fingerprint density at radius 2 is 1.93 bits per heavy atom. The highest BCUT2D eigenvalue weighted by Crippen LogP contribution is 2.36. The van der Waals surface area contributed by atoms with Crippen molar-refractivity contribution in [1.29, 1.82) is 0 Å². The van der Waals surface area contributed by atoms with Crippen LogP contribution in [0.3, 0.4) is 0 Å². The molecule has 0 saturated carbocycles. The van der Waals surface area contributed by atoms with Crippen LogP contribution < -0.4 is 19.9 Å². The minimum Gasteiger partial charge on any atom is -0.436 e. The van der Waals surface area contributed by atoms with Crippen molar-refractivity contribution in [3.63, 3.8) is 0 Å². The minimum atomic E-state index is -0.222. The molecule has 0 unspecified atom stereocenters. The number of carbonyl (C=O) groups is 1. The van der Waals surface area contributed by atoms with Crippen LogP contribution in [0.1, 0.15) is 38.3 Å². The molecule has 2 saturated heterocycles. The maximum absolute atomic E-state index is 13.4. The van der Waals surface area contributed by atoms with Crippen molar-refractivity contribution >= 4 is 44.4 Å². The second-order valence-electron chi connectivity index (χ2n) is 10.6. The summed E-state index contributed by atoms with van der Waals surface area (Å²) < 4.78 is 26.6. The Bertz CT molecular complexity index is 1550. The van der Waals surface area contributed by atoms with Gasteiger partial charge in [-0.2, -0.15) is 9.97 Å². The van der Waals surface area contributed by atoms with Gasteiger partial charge in [0.25, 0.3) is 0 Å². The van der Waals surface area contributed by atoms with Gasteiger partial charge in [0.15, 0.2) is 10.9 Å². The number of hydrogen-bond donors (Lipinski definition) is 1. The minimum absolute atomic E-state index is 0.0938. The number of benzene rings is 2. The molecule has 2 aromatic carbocycles. The first-order valence-electron chi connectivity index (χ1n) is 14.2. The number of halogens is 1. The number of nitrogens with zero attached hydrogens (tertiary/aromatic N) is 6. The van der Waals surface area contributed by atoms with E-state index in [9.17, 15) is 9.18 Å². The predicted octanol–water partition coefficient (Wildman–Crippen LogP) is 5.43. The normalized spacial score (nSPS) is 18.3. The van der Waals surface area contributed by atoms with Crippen LogP contribution >= 0.6 is 11.3 Å². The van der Waals surface area contributed by atoms with Crippen LogP contribution in [0, 0.1) is 5.82 Å². The highest BCUT2D eigenvalue weighted by atomic mass is 32.1. The molecule has 0 radical (unpaired) electrons. The van der Waals surface area contributed by atoms with Crippen LogP contribution in [0.5, 0.6) is 11.6 Å². The van der Waals surface area contributed by atoms with Crippen molar-refractivity contribution < 1.29 is 18.7 Å². The molecule has 42 heavy (non-hydrogen) atoms. The Kier molecular flexibility index (Phi) is 8.18. The first-order chi connectivity index (χ1) is 20.3. The van der Waals surface area contributed by atoms with E-state index >= 15 is 0 Å². The summed E-state index contributed by atoms with van der Waals surface area (Å²) in [7, 11) is 1.95. The molecule has 0 bridgehead atoms. The van der Waals surface area contributed by atoms with E-state index in [1.807, 2.05) is 48.3 Å². The fourth-order valence-corrected chi connectivity index (χ4v) is 6.31. The lowest BCUT2D eigenvalue weighted by Gasteiger charge is -2.39. The summed E-state index contributed by atoms with van der Waals surface area (Å²) in [5.41, 5.74) is 1.75. The van der Waals surface area contributed by atoms with E-state index in [1.54, 1.807) is 0 Å². The fraction of sp³-hybridized carbons (Fsp3) is 0.400. The number of hydrogen-bond acceptors (Lipinski definition) is 10. The van der Waals surface area contributed by atoms with E-state index in [0.29, 0.717) is 34.8 Å². The number of anilines is 3. The lowest BCUT2D eigenvalue weighted by molar-refractivity contribution is -0.114. The first-order valence-corrected chi connectivity index (χ1v) is 15.0. The summed E-state index contributed by atoms with van der Waals surface area (Å²) in [5, 5.41) is 3.27. The smallest absolute Gasteiger partial charge is 0.232 e. The van der Waals surface area contributed by atoms with Crippen LogP contribution in [0.25, 0.3) is 10.2 Å². The average Bonchev–Trinajstić information content (AvgIpc) is 3.67. The molecule has 10 nitrogen and oxygen atoms in total. The Morgan fingerprint density at radius 3 is 2.64 bits per heavy atom. The Labute approximate surface area is 248 Å². The Balaban J connectivity index is 1.25. The molecule has 4 aromatic rings. The van der Waals surface area contributed by atoms with Crippen molar-refractivity contribution in [2.24, 2.45) is 0 Å². The van der Waals surface area contributed by atoms with Crippen molar-refractivity contribution in [3.05, 3.63) is 59.9 Å². The molecule has 2 fully saturated rings. The summed E-state index contributed by atoms with van der Waals surface area (Å²) >= 11 is 1.39. The number of aromatic nitrogens is 3. The summed E-state index contributed by atoms with van der Waals surface area (Å²) in [4.78, 5) is 32.5. The largest absolute Gasteiger partial charge is 0.436 e. The monoisotopic (exact) mass is 591 g/mol. The molecule has 4 heterocycles. The molecule has 2 atom stereocenters. The number of nitrogens with one attached hydrogen (secondary N) is 1. The lowest BCUT2D eigenvalue weighted by atomic mass is 10.1. The van der Waals surface area contributed by atoms with Gasteiger partial charge in [0.1, 0.15) is 23.4 Å². The van der Waals surface area contributed by atoms with Gasteiger partial charge in [0.05, 0.1) is 4.70 Å². The number of rotatable bonds is 8. The molecular formula is C30H34FN7O3S. The van der Waals surface area contributed by atoms with E-state index in [1.165, 1.54) is 30.4 Å². The number of amides is 1. The van der Waals surface area contributed by atoms with E-state index in [-0.39, 0.29) is 24.0 Å². The van der Waals surface area contributed by atoms with Gasteiger partial charge in [0, 0.05) is 58.9 Å². The summed E-state index contributed by atoms with van der Waals surface area (Å²) in [5.74, 6) is 1.86. The van der Waals surface area contributed by atoms with E-state index in [4.69, 9.17) is 19.4 Å². The van der Waals surface area contributed by atoms with Crippen molar-refractivity contribution in [2.45, 2.75) is 39.0 Å². The SMILES string of the molecule is CC(=O)Nc1nc2c(Oc3cc(N4CCN([C@H](C)c5ccc(F)cc5)CC4)nc(N(C)[C@H]4CCCO4)n3)cccc2s1. The lowest BCUT2D eigenvalue weighted by Crippen LogP contribution is -2.47. The summed E-state index contributed by atoms with van der Waals surface area (Å²) in [6, 6.07) is 14.5. The van der Waals surface area contributed by atoms with Gasteiger partial charge in [-0.1, -0.05) is 29.5 Å². The van der Waals surface area contributed by atoms with Crippen LogP contribution in [-0.4, -0.2) is 71.8 Å². The van der Waals surface area contributed by atoms with Crippen molar-refractivity contribution in [2.75, 3.05) is 55.0 Å². The van der Waals surface area contributed by atoms with Crippen LogP contribution in [0.4, 0.5) is 21.3 Å². The second-order valence-corrected chi connectivity index (χ2v) is 11.6. The predicted molar refractivity (Wildman–Crippen MR) is 162 cm³/mol. The average molecular weight is 592 g/mol. The summed E-state index contributed by atoms with van der Waals surface area (Å²) in [6.07, 6.45) is 1.81. The topological polar surface area (TPSA) is 96.0 Å². The van der Waals surface area contributed by atoms with E-state index in [2.05, 4.69) is 27.0 Å². The number of ether oxygens (including phenoxy) is 2. The van der Waals surface area contributed by atoms with Gasteiger partial charge in [-0.3, -0.25) is 9.69 Å². The Hall–Kier alpha value is -3.87. The second kappa shape index (κ2) is 12.2. The number of fused-ring (bicyclic) bond motifs is 1. The zero-order chi connectivity index (χ0) is 29.2. The molecule has 220 valence electrons. The molecule has 2 aromatic heterocycles. The molecular weight excluding hydrogens is 557 g/mol. The zero-order valence-electron chi connectivity index (χ0n) is 23.9. The quantitative estimate of drug-likeness (QED) is 0.288. The highest BCUT2D eigenvalue weighted by Gasteiger charge is 2.27. The molecule has 1 N–H and O–H groups in total. The van der Waals surface area contributed by atoms with Gasteiger partial charge in [-0.25, -0.2) is 9.37 Å². The fourth-order valence-electron chi connectivity index (χ4n) is 5.38. The third kappa shape index (κ3) is 6.15.